The lowest BCUT2D eigenvalue weighted by Gasteiger charge is -2.28. The molecule has 0 unspecified atom stereocenters. The van der Waals surface area contributed by atoms with Crippen LogP contribution in [0.25, 0.3) is 11.3 Å². The molecular formula is C13H17N7O. The summed E-state index contributed by atoms with van der Waals surface area (Å²) >= 11 is 0. The van der Waals surface area contributed by atoms with E-state index in [1.54, 1.807) is 6.20 Å². The number of ether oxygens (including phenoxy) is 1. The summed E-state index contributed by atoms with van der Waals surface area (Å²) in [5.41, 5.74) is 13.7. The van der Waals surface area contributed by atoms with Crippen molar-refractivity contribution in [3.8, 4) is 11.3 Å². The van der Waals surface area contributed by atoms with Crippen LogP contribution in [0.1, 0.15) is 5.69 Å². The Morgan fingerprint density at radius 3 is 2.57 bits per heavy atom. The Hall–Kier alpha value is -2.48. The molecule has 0 spiro atoms. The van der Waals surface area contributed by atoms with Gasteiger partial charge in [-0.1, -0.05) is 0 Å². The minimum atomic E-state index is 0.227. The van der Waals surface area contributed by atoms with Crippen LogP contribution in [0.15, 0.2) is 12.3 Å². The van der Waals surface area contributed by atoms with E-state index in [2.05, 4.69) is 24.8 Å². The SMILES string of the molecule is Cc1nc(N)ncc1-c1cc(N2CCOCC2)nc(N)n1. The van der Waals surface area contributed by atoms with Crippen molar-refractivity contribution in [3.63, 3.8) is 0 Å². The van der Waals surface area contributed by atoms with Gasteiger partial charge in [0.05, 0.1) is 24.6 Å². The number of nitrogen functional groups attached to an aromatic ring is 2. The van der Waals surface area contributed by atoms with Gasteiger partial charge in [0.2, 0.25) is 11.9 Å². The number of nitrogens with zero attached hydrogens (tertiary/aromatic N) is 5. The summed E-state index contributed by atoms with van der Waals surface area (Å²) < 4.78 is 5.35. The molecule has 0 bridgehead atoms. The first-order valence-electron chi connectivity index (χ1n) is 6.70. The Morgan fingerprint density at radius 2 is 1.86 bits per heavy atom. The molecule has 110 valence electrons. The molecule has 8 heteroatoms. The van der Waals surface area contributed by atoms with E-state index in [4.69, 9.17) is 16.2 Å². The van der Waals surface area contributed by atoms with Crippen molar-refractivity contribution in [2.45, 2.75) is 6.92 Å². The molecule has 1 fully saturated rings. The van der Waals surface area contributed by atoms with Crippen LogP contribution in [0.2, 0.25) is 0 Å². The molecule has 8 nitrogen and oxygen atoms in total. The van der Waals surface area contributed by atoms with Gasteiger partial charge < -0.3 is 21.1 Å². The van der Waals surface area contributed by atoms with E-state index in [0.717, 1.165) is 30.2 Å². The van der Waals surface area contributed by atoms with Crippen LogP contribution in [0, 0.1) is 6.92 Å². The number of hydrogen-bond acceptors (Lipinski definition) is 8. The van der Waals surface area contributed by atoms with Gasteiger partial charge >= 0.3 is 0 Å². The zero-order valence-electron chi connectivity index (χ0n) is 11.8. The zero-order valence-corrected chi connectivity index (χ0v) is 11.8. The van der Waals surface area contributed by atoms with Crippen molar-refractivity contribution >= 4 is 17.7 Å². The fourth-order valence-electron chi connectivity index (χ4n) is 2.28. The molecule has 3 heterocycles. The summed E-state index contributed by atoms with van der Waals surface area (Å²) in [6.07, 6.45) is 1.66. The highest BCUT2D eigenvalue weighted by atomic mass is 16.5. The molecule has 2 aromatic rings. The summed E-state index contributed by atoms with van der Waals surface area (Å²) in [4.78, 5) is 18.9. The summed E-state index contributed by atoms with van der Waals surface area (Å²) in [7, 11) is 0. The van der Waals surface area contributed by atoms with Crippen molar-refractivity contribution in [3.05, 3.63) is 18.0 Å². The van der Waals surface area contributed by atoms with E-state index in [9.17, 15) is 0 Å². The number of aromatic nitrogens is 4. The Labute approximate surface area is 122 Å². The molecule has 4 N–H and O–H groups in total. The fraction of sp³-hybridized carbons (Fsp3) is 0.385. The first-order chi connectivity index (χ1) is 10.1. The van der Waals surface area contributed by atoms with Crippen LogP contribution in [0.5, 0.6) is 0 Å². The minimum absolute atomic E-state index is 0.227. The standard InChI is InChI=1S/C13H17N7O/c1-8-9(7-16-12(14)17-8)10-6-11(19-13(15)18-10)20-2-4-21-5-3-20/h6-7H,2-5H2,1H3,(H2,14,16,17)(H2,15,18,19). The normalized spacial score (nSPS) is 15.2. The van der Waals surface area contributed by atoms with E-state index in [1.165, 1.54) is 0 Å². The maximum Gasteiger partial charge on any atom is 0.222 e. The maximum absolute atomic E-state index is 5.84. The first kappa shape index (κ1) is 13.5. The molecular weight excluding hydrogens is 270 g/mol. The smallest absolute Gasteiger partial charge is 0.222 e. The quantitative estimate of drug-likeness (QED) is 0.807. The number of anilines is 3. The largest absolute Gasteiger partial charge is 0.378 e. The Kier molecular flexibility index (Phi) is 3.53. The van der Waals surface area contributed by atoms with Crippen LogP contribution >= 0.6 is 0 Å². The van der Waals surface area contributed by atoms with Gasteiger partial charge in [-0.3, -0.25) is 0 Å². The van der Waals surface area contributed by atoms with E-state index in [1.807, 2.05) is 13.0 Å². The van der Waals surface area contributed by atoms with Gasteiger partial charge in [0, 0.05) is 30.9 Å². The maximum atomic E-state index is 5.84. The molecule has 21 heavy (non-hydrogen) atoms. The monoisotopic (exact) mass is 287 g/mol. The Balaban J connectivity index is 2.00. The Bertz CT molecular complexity index is 655. The zero-order chi connectivity index (χ0) is 14.8. The molecule has 0 radical (unpaired) electrons. The van der Waals surface area contributed by atoms with Gasteiger partial charge in [0.25, 0.3) is 0 Å². The first-order valence-corrected chi connectivity index (χ1v) is 6.70. The lowest BCUT2D eigenvalue weighted by Crippen LogP contribution is -2.36. The Morgan fingerprint density at radius 1 is 1.10 bits per heavy atom. The minimum Gasteiger partial charge on any atom is -0.378 e. The summed E-state index contributed by atoms with van der Waals surface area (Å²) in [6.45, 7) is 4.80. The highest BCUT2D eigenvalue weighted by molar-refractivity contribution is 5.66. The van der Waals surface area contributed by atoms with Gasteiger partial charge in [-0.15, -0.1) is 0 Å². The third-order valence-electron chi connectivity index (χ3n) is 3.34. The second-order valence-corrected chi connectivity index (χ2v) is 4.80. The molecule has 0 aromatic carbocycles. The average Bonchev–Trinajstić information content (AvgIpc) is 2.47. The predicted molar refractivity (Wildman–Crippen MR) is 79.7 cm³/mol. The molecule has 3 rings (SSSR count). The van der Waals surface area contributed by atoms with Crippen molar-refractivity contribution in [2.24, 2.45) is 0 Å². The molecule has 0 amide bonds. The highest BCUT2D eigenvalue weighted by Gasteiger charge is 2.16. The number of nitrogens with two attached hydrogens (primary N) is 2. The number of hydrogen-bond donors (Lipinski definition) is 2. The highest BCUT2D eigenvalue weighted by Crippen LogP contribution is 2.24. The third kappa shape index (κ3) is 2.84. The summed E-state index contributed by atoms with van der Waals surface area (Å²) in [5.74, 6) is 1.26. The molecule has 2 aromatic heterocycles. The average molecular weight is 287 g/mol. The molecule has 1 aliphatic heterocycles. The van der Waals surface area contributed by atoms with Gasteiger partial charge in [0.15, 0.2) is 0 Å². The second kappa shape index (κ2) is 5.49. The fourth-order valence-corrected chi connectivity index (χ4v) is 2.28. The molecule has 0 aliphatic carbocycles. The van der Waals surface area contributed by atoms with Crippen LogP contribution in [0.4, 0.5) is 17.7 Å². The molecule has 1 aliphatic rings. The molecule has 0 atom stereocenters. The van der Waals surface area contributed by atoms with Crippen molar-refractivity contribution in [2.75, 3.05) is 42.7 Å². The number of aryl methyl sites for hydroxylation is 1. The summed E-state index contributed by atoms with van der Waals surface area (Å²) in [6, 6.07) is 1.89. The summed E-state index contributed by atoms with van der Waals surface area (Å²) in [5, 5.41) is 0. The van der Waals surface area contributed by atoms with Gasteiger partial charge in [-0.2, -0.15) is 4.98 Å². The van der Waals surface area contributed by atoms with Crippen molar-refractivity contribution in [1.82, 2.24) is 19.9 Å². The van der Waals surface area contributed by atoms with Gasteiger partial charge in [0.1, 0.15) is 5.82 Å². The third-order valence-corrected chi connectivity index (χ3v) is 3.34. The number of morpholine rings is 1. The van der Waals surface area contributed by atoms with Crippen LogP contribution in [0.3, 0.4) is 0 Å². The predicted octanol–water partition coefficient (Wildman–Crippen LogP) is 0.243. The van der Waals surface area contributed by atoms with Crippen molar-refractivity contribution < 1.29 is 4.74 Å². The van der Waals surface area contributed by atoms with E-state index in [-0.39, 0.29) is 11.9 Å². The lowest BCUT2D eigenvalue weighted by atomic mass is 10.1. The number of rotatable bonds is 2. The molecule has 0 saturated carbocycles. The lowest BCUT2D eigenvalue weighted by molar-refractivity contribution is 0.122. The van der Waals surface area contributed by atoms with Crippen LogP contribution < -0.4 is 16.4 Å². The van der Waals surface area contributed by atoms with Crippen LogP contribution in [-0.4, -0.2) is 46.2 Å². The second-order valence-electron chi connectivity index (χ2n) is 4.80. The molecule has 1 saturated heterocycles. The van der Waals surface area contributed by atoms with Crippen LogP contribution in [-0.2, 0) is 4.74 Å². The van der Waals surface area contributed by atoms with Gasteiger partial charge in [-0.05, 0) is 6.92 Å². The van der Waals surface area contributed by atoms with E-state index < -0.39 is 0 Å². The van der Waals surface area contributed by atoms with Crippen molar-refractivity contribution in [1.29, 1.82) is 0 Å². The van der Waals surface area contributed by atoms with E-state index >= 15 is 0 Å². The van der Waals surface area contributed by atoms with Gasteiger partial charge in [-0.25, -0.2) is 15.0 Å². The van der Waals surface area contributed by atoms with E-state index in [0.29, 0.717) is 18.9 Å². The topological polar surface area (TPSA) is 116 Å².